The van der Waals surface area contributed by atoms with Crippen LogP contribution in [-0.2, 0) is 6.61 Å². The van der Waals surface area contributed by atoms with Gasteiger partial charge >= 0.3 is 0 Å². The van der Waals surface area contributed by atoms with Crippen LogP contribution >= 0.6 is 0 Å². The number of rotatable bonds is 7. The summed E-state index contributed by atoms with van der Waals surface area (Å²) in [6.07, 6.45) is -3.81. The predicted molar refractivity (Wildman–Crippen MR) is 114 cm³/mol. The summed E-state index contributed by atoms with van der Waals surface area (Å²) in [6, 6.07) is 16.8. The average Bonchev–Trinajstić information content (AvgIpc) is 2.79. The van der Waals surface area contributed by atoms with Gasteiger partial charge in [-0.1, -0.05) is 36.4 Å². The second-order valence-corrected chi connectivity index (χ2v) is 7.40. The Morgan fingerprint density at radius 2 is 1.66 bits per heavy atom. The summed E-state index contributed by atoms with van der Waals surface area (Å²) in [4.78, 5) is 0. The molecule has 0 spiro atoms. The lowest BCUT2D eigenvalue weighted by Gasteiger charge is -2.35. The van der Waals surface area contributed by atoms with Crippen molar-refractivity contribution in [1.29, 1.82) is 0 Å². The van der Waals surface area contributed by atoms with Gasteiger partial charge in [0.2, 0.25) is 0 Å². The van der Waals surface area contributed by atoms with Crippen molar-refractivity contribution in [1.82, 2.24) is 0 Å². The van der Waals surface area contributed by atoms with Crippen LogP contribution in [0.5, 0.6) is 28.7 Å². The number of fused-ring (bicyclic) bond motifs is 1. The number of hydrogen-bond donors (Lipinski definition) is 5. The highest BCUT2D eigenvalue weighted by molar-refractivity contribution is 5.53. The molecule has 0 saturated carbocycles. The molecule has 0 saturated heterocycles. The van der Waals surface area contributed by atoms with Crippen LogP contribution in [0.1, 0.15) is 28.9 Å². The van der Waals surface area contributed by atoms with Crippen LogP contribution in [0.4, 0.5) is 0 Å². The Morgan fingerprint density at radius 3 is 2.41 bits per heavy atom. The van der Waals surface area contributed by atoms with Gasteiger partial charge in [0.05, 0.1) is 12.2 Å². The Kier molecular flexibility index (Phi) is 6.36. The fourth-order valence-corrected chi connectivity index (χ4v) is 3.63. The third-order valence-electron chi connectivity index (χ3n) is 5.17. The summed E-state index contributed by atoms with van der Waals surface area (Å²) in [5, 5.41) is 50.2. The first-order chi connectivity index (χ1) is 15.5. The lowest BCUT2D eigenvalue weighted by atomic mass is 9.91. The minimum absolute atomic E-state index is 0.00926. The molecule has 32 heavy (non-hydrogen) atoms. The van der Waals surface area contributed by atoms with E-state index in [0.717, 1.165) is 11.6 Å². The van der Waals surface area contributed by atoms with E-state index in [9.17, 15) is 20.4 Å². The summed E-state index contributed by atoms with van der Waals surface area (Å²) in [7, 11) is 0. The quantitative estimate of drug-likeness (QED) is 0.379. The number of aliphatic hydroxyl groups excluding tert-OH is 3. The van der Waals surface area contributed by atoms with E-state index in [2.05, 4.69) is 0 Å². The molecule has 3 unspecified atom stereocenters. The van der Waals surface area contributed by atoms with E-state index in [1.54, 1.807) is 18.2 Å². The Labute approximate surface area is 184 Å². The standard InChI is InChI=1S/C24H24O8/c25-8-9-30-18-7-6-15(10-19(18)31-13-14-4-2-1-3-5-14)24-23(29)22(28)21-17(27)11-16(26)12-20(21)32-24/h1-7,10-12,22-29H,8-9,13H2. The van der Waals surface area contributed by atoms with Gasteiger partial charge in [0.25, 0.3) is 0 Å². The van der Waals surface area contributed by atoms with E-state index >= 15 is 0 Å². The number of phenolic OH excluding ortho intramolecular Hbond substituents is 2. The molecule has 0 aromatic heterocycles. The number of phenols is 2. The van der Waals surface area contributed by atoms with E-state index in [1.165, 1.54) is 6.07 Å². The summed E-state index contributed by atoms with van der Waals surface area (Å²) >= 11 is 0. The van der Waals surface area contributed by atoms with Crippen LogP contribution in [-0.4, -0.2) is 44.9 Å². The van der Waals surface area contributed by atoms with Crippen molar-refractivity contribution >= 4 is 0 Å². The van der Waals surface area contributed by atoms with E-state index < -0.39 is 18.3 Å². The highest BCUT2D eigenvalue weighted by Crippen LogP contribution is 2.47. The maximum absolute atomic E-state index is 10.7. The van der Waals surface area contributed by atoms with Gasteiger partial charge in [0, 0.05) is 12.1 Å². The number of aliphatic hydroxyl groups is 3. The fraction of sp³-hybridized carbons (Fsp3) is 0.250. The van der Waals surface area contributed by atoms with Crippen molar-refractivity contribution in [3.05, 3.63) is 77.4 Å². The molecule has 0 fully saturated rings. The van der Waals surface area contributed by atoms with Crippen molar-refractivity contribution < 1.29 is 39.7 Å². The largest absolute Gasteiger partial charge is 0.508 e. The Morgan fingerprint density at radius 1 is 0.875 bits per heavy atom. The van der Waals surface area contributed by atoms with Gasteiger partial charge in [0.1, 0.15) is 42.7 Å². The molecule has 3 aromatic carbocycles. The van der Waals surface area contributed by atoms with E-state index in [-0.39, 0.29) is 42.6 Å². The van der Waals surface area contributed by atoms with E-state index in [0.29, 0.717) is 17.1 Å². The molecule has 0 aliphatic carbocycles. The molecule has 8 heteroatoms. The van der Waals surface area contributed by atoms with Crippen molar-refractivity contribution in [2.75, 3.05) is 13.2 Å². The zero-order chi connectivity index (χ0) is 22.7. The van der Waals surface area contributed by atoms with Gasteiger partial charge in [-0.15, -0.1) is 0 Å². The topological polar surface area (TPSA) is 129 Å². The highest BCUT2D eigenvalue weighted by Gasteiger charge is 2.39. The molecule has 0 radical (unpaired) electrons. The molecule has 4 rings (SSSR count). The monoisotopic (exact) mass is 440 g/mol. The fourth-order valence-electron chi connectivity index (χ4n) is 3.63. The maximum Gasteiger partial charge on any atom is 0.162 e. The molecule has 1 aliphatic rings. The average molecular weight is 440 g/mol. The third kappa shape index (κ3) is 4.43. The summed E-state index contributed by atoms with van der Waals surface area (Å²) < 4.78 is 17.3. The second-order valence-electron chi connectivity index (χ2n) is 7.40. The molecule has 0 amide bonds. The summed E-state index contributed by atoms with van der Waals surface area (Å²) in [6.45, 7) is 0.176. The van der Waals surface area contributed by atoms with Crippen molar-refractivity contribution in [3.8, 4) is 28.7 Å². The Balaban J connectivity index is 1.65. The van der Waals surface area contributed by atoms with Crippen molar-refractivity contribution in [2.45, 2.75) is 24.9 Å². The minimum atomic E-state index is -1.43. The molecular weight excluding hydrogens is 416 g/mol. The number of hydrogen-bond acceptors (Lipinski definition) is 8. The summed E-state index contributed by atoms with van der Waals surface area (Å²) in [5.41, 5.74) is 1.44. The molecule has 3 atom stereocenters. The lowest BCUT2D eigenvalue weighted by molar-refractivity contribution is -0.0711. The van der Waals surface area contributed by atoms with Crippen LogP contribution in [0.3, 0.4) is 0 Å². The first-order valence-corrected chi connectivity index (χ1v) is 10.1. The Bertz CT molecular complexity index is 1070. The molecule has 0 bridgehead atoms. The Hall–Kier alpha value is -3.46. The molecule has 3 aromatic rings. The van der Waals surface area contributed by atoms with Crippen LogP contribution < -0.4 is 14.2 Å². The van der Waals surface area contributed by atoms with Gasteiger partial charge in [-0.25, -0.2) is 0 Å². The molecule has 8 nitrogen and oxygen atoms in total. The second kappa shape index (κ2) is 9.35. The molecule has 1 aliphatic heterocycles. The normalized spacial score (nSPS) is 19.7. The SMILES string of the molecule is OCCOc1ccc(C2Oc3cc(O)cc(O)c3C(O)C2O)cc1OCc1ccccc1. The van der Waals surface area contributed by atoms with E-state index in [4.69, 9.17) is 19.3 Å². The van der Waals surface area contributed by atoms with Gasteiger partial charge in [0.15, 0.2) is 17.6 Å². The molecule has 5 N–H and O–H groups in total. The smallest absolute Gasteiger partial charge is 0.162 e. The van der Waals surface area contributed by atoms with Crippen LogP contribution in [0.2, 0.25) is 0 Å². The van der Waals surface area contributed by atoms with Gasteiger partial charge in [-0.2, -0.15) is 0 Å². The maximum atomic E-state index is 10.7. The van der Waals surface area contributed by atoms with Crippen molar-refractivity contribution in [3.63, 3.8) is 0 Å². The molecule has 1 heterocycles. The van der Waals surface area contributed by atoms with Gasteiger partial charge in [-0.05, 0) is 23.3 Å². The van der Waals surface area contributed by atoms with Gasteiger partial charge < -0.3 is 39.7 Å². The van der Waals surface area contributed by atoms with Crippen LogP contribution in [0.15, 0.2) is 60.7 Å². The number of aromatic hydroxyl groups is 2. The van der Waals surface area contributed by atoms with Crippen molar-refractivity contribution in [2.24, 2.45) is 0 Å². The minimum Gasteiger partial charge on any atom is -0.508 e. The van der Waals surface area contributed by atoms with E-state index in [1.807, 2.05) is 30.3 Å². The first kappa shape index (κ1) is 21.8. The third-order valence-corrected chi connectivity index (χ3v) is 5.17. The zero-order valence-electron chi connectivity index (χ0n) is 17.1. The first-order valence-electron chi connectivity index (χ1n) is 10.1. The summed E-state index contributed by atoms with van der Waals surface area (Å²) in [5.74, 6) is 0.237. The zero-order valence-corrected chi connectivity index (χ0v) is 17.1. The van der Waals surface area contributed by atoms with Crippen LogP contribution in [0.25, 0.3) is 0 Å². The lowest BCUT2D eigenvalue weighted by Crippen LogP contribution is -2.34. The highest BCUT2D eigenvalue weighted by atomic mass is 16.5. The number of benzene rings is 3. The molecule has 168 valence electrons. The number of ether oxygens (including phenoxy) is 3. The predicted octanol–water partition coefficient (Wildman–Crippen LogP) is 2.58. The molecular formula is C24H24O8. The van der Waals surface area contributed by atoms with Crippen LogP contribution in [0, 0.1) is 0 Å². The van der Waals surface area contributed by atoms with Gasteiger partial charge in [-0.3, -0.25) is 0 Å².